The zero-order chi connectivity index (χ0) is 14.9. The van der Waals surface area contributed by atoms with Gasteiger partial charge in [0.1, 0.15) is 11.5 Å². The Balaban J connectivity index is 2.01. The number of hydrogen-bond acceptors (Lipinski definition) is 2. The maximum Gasteiger partial charge on any atom is 0.136 e. The van der Waals surface area contributed by atoms with Gasteiger partial charge in [-0.15, -0.1) is 11.3 Å². The summed E-state index contributed by atoms with van der Waals surface area (Å²) in [5.74, 6) is 1.90. The van der Waals surface area contributed by atoms with E-state index in [-0.39, 0.29) is 0 Å². The third-order valence-corrected chi connectivity index (χ3v) is 5.05. The van der Waals surface area contributed by atoms with Crippen LogP contribution in [0.1, 0.15) is 17.1 Å². The van der Waals surface area contributed by atoms with Crippen molar-refractivity contribution in [2.45, 2.75) is 13.3 Å². The summed E-state index contributed by atoms with van der Waals surface area (Å²) in [6.07, 6.45) is 11.9. The summed E-state index contributed by atoms with van der Waals surface area (Å²) < 4.78 is 7.23. The van der Waals surface area contributed by atoms with Crippen LogP contribution >= 0.6 is 11.3 Å². The average molecular weight is 304 g/mol. The molecule has 22 heavy (non-hydrogen) atoms. The van der Waals surface area contributed by atoms with E-state index in [1.165, 1.54) is 26.1 Å². The van der Waals surface area contributed by atoms with E-state index >= 15 is 0 Å². The molecular formula is C20H16OS. The van der Waals surface area contributed by atoms with Gasteiger partial charge in [0.15, 0.2) is 0 Å². The summed E-state index contributed by atoms with van der Waals surface area (Å²) >= 11 is 1.83. The Kier molecular flexibility index (Phi) is 3.32. The molecule has 2 heterocycles. The quantitative estimate of drug-likeness (QED) is 0.536. The standard InChI is InChI=1S/C20H16OS/c1-14-12-13-17(21-14)19-16-10-6-7-11-18(16)22-20(19)15-8-4-2-3-5-9-15/h2,4-13H,3H2,1H3. The molecule has 108 valence electrons. The van der Waals surface area contributed by atoms with E-state index in [1.807, 2.05) is 24.3 Å². The molecule has 0 N–H and O–H groups in total. The topological polar surface area (TPSA) is 13.1 Å². The predicted molar refractivity (Wildman–Crippen MR) is 95.1 cm³/mol. The number of furan rings is 1. The van der Waals surface area contributed by atoms with Crippen LogP contribution in [0.4, 0.5) is 0 Å². The molecule has 0 bridgehead atoms. The second-order valence-electron chi connectivity index (χ2n) is 5.40. The zero-order valence-corrected chi connectivity index (χ0v) is 13.2. The van der Waals surface area contributed by atoms with Gasteiger partial charge in [-0.05, 0) is 37.1 Å². The normalized spacial score (nSPS) is 14.3. The van der Waals surface area contributed by atoms with Gasteiger partial charge in [-0.1, -0.05) is 48.6 Å². The number of thiophene rings is 1. The number of benzene rings is 1. The maximum atomic E-state index is 5.94. The molecule has 0 spiro atoms. The van der Waals surface area contributed by atoms with Gasteiger partial charge in [-0.2, -0.15) is 0 Å². The third-order valence-electron chi connectivity index (χ3n) is 3.83. The molecule has 3 aromatic rings. The van der Waals surface area contributed by atoms with Crippen LogP contribution in [0.2, 0.25) is 0 Å². The molecule has 0 amide bonds. The SMILES string of the molecule is Cc1ccc(-c2c(C3=CC=CCC=C3)sc3ccccc23)o1. The molecule has 1 aliphatic carbocycles. The van der Waals surface area contributed by atoms with Crippen molar-refractivity contribution in [3.63, 3.8) is 0 Å². The van der Waals surface area contributed by atoms with Crippen molar-refractivity contribution < 1.29 is 4.42 Å². The Morgan fingerprint density at radius 2 is 1.95 bits per heavy atom. The summed E-state index contributed by atoms with van der Waals surface area (Å²) in [6, 6.07) is 12.7. The van der Waals surface area contributed by atoms with Crippen molar-refractivity contribution in [1.29, 1.82) is 0 Å². The molecule has 4 rings (SSSR count). The number of allylic oxidation sites excluding steroid dienone is 6. The van der Waals surface area contributed by atoms with Gasteiger partial charge < -0.3 is 4.42 Å². The highest BCUT2D eigenvalue weighted by molar-refractivity contribution is 7.20. The number of fused-ring (bicyclic) bond motifs is 1. The molecule has 0 unspecified atom stereocenters. The summed E-state index contributed by atoms with van der Waals surface area (Å²) in [6.45, 7) is 1.99. The molecule has 0 radical (unpaired) electrons. The molecule has 1 aliphatic rings. The predicted octanol–water partition coefficient (Wildman–Crippen LogP) is 6.37. The van der Waals surface area contributed by atoms with Crippen LogP contribution in [-0.4, -0.2) is 0 Å². The van der Waals surface area contributed by atoms with Crippen molar-refractivity contribution in [1.82, 2.24) is 0 Å². The highest BCUT2D eigenvalue weighted by atomic mass is 32.1. The van der Waals surface area contributed by atoms with E-state index < -0.39 is 0 Å². The number of aryl methyl sites for hydroxylation is 1. The molecule has 0 aliphatic heterocycles. The van der Waals surface area contributed by atoms with Crippen LogP contribution in [0.3, 0.4) is 0 Å². The van der Waals surface area contributed by atoms with E-state index in [1.54, 1.807) is 0 Å². The Bertz CT molecular complexity index is 918. The number of hydrogen-bond donors (Lipinski definition) is 0. The first-order chi connectivity index (χ1) is 10.8. The van der Waals surface area contributed by atoms with Crippen molar-refractivity contribution in [3.05, 3.63) is 77.4 Å². The lowest BCUT2D eigenvalue weighted by Crippen LogP contribution is -1.80. The average Bonchev–Trinajstić information content (AvgIpc) is 3.01. The zero-order valence-electron chi connectivity index (χ0n) is 12.4. The summed E-state index contributed by atoms with van der Waals surface area (Å²) in [4.78, 5) is 1.28. The molecule has 2 aromatic heterocycles. The van der Waals surface area contributed by atoms with Gasteiger partial charge in [-0.25, -0.2) is 0 Å². The maximum absolute atomic E-state index is 5.94. The summed E-state index contributed by atoms with van der Waals surface area (Å²) in [7, 11) is 0. The number of rotatable bonds is 2. The van der Waals surface area contributed by atoms with Gasteiger partial charge in [0.05, 0.1) is 0 Å². The first-order valence-corrected chi connectivity index (χ1v) is 8.26. The van der Waals surface area contributed by atoms with Gasteiger partial charge in [-0.3, -0.25) is 0 Å². The molecule has 2 heteroatoms. The lowest BCUT2D eigenvalue weighted by Gasteiger charge is -2.03. The fraction of sp³-hybridized carbons (Fsp3) is 0.100. The largest absolute Gasteiger partial charge is 0.461 e. The minimum Gasteiger partial charge on any atom is -0.461 e. The lowest BCUT2D eigenvalue weighted by atomic mass is 10.0. The van der Waals surface area contributed by atoms with Crippen molar-refractivity contribution in [3.8, 4) is 11.3 Å². The molecule has 0 atom stereocenters. The van der Waals surface area contributed by atoms with Crippen LogP contribution < -0.4 is 0 Å². The summed E-state index contributed by atoms with van der Waals surface area (Å²) in [5.41, 5.74) is 2.46. The minimum absolute atomic E-state index is 0.946. The van der Waals surface area contributed by atoms with E-state index in [0.717, 1.165) is 17.9 Å². The van der Waals surface area contributed by atoms with E-state index in [9.17, 15) is 0 Å². The highest BCUT2D eigenvalue weighted by Gasteiger charge is 2.18. The monoisotopic (exact) mass is 304 g/mol. The van der Waals surface area contributed by atoms with Crippen LogP contribution in [-0.2, 0) is 0 Å². The second kappa shape index (κ2) is 5.47. The fourth-order valence-electron chi connectivity index (χ4n) is 2.79. The van der Waals surface area contributed by atoms with Gasteiger partial charge in [0.2, 0.25) is 0 Å². The minimum atomic E-state index is 0.946. The van der Waals surface area contributed by atoms with Gasteiger partial charge >= 0.3 is 0 Å². The fourth-order valence-corrected chi connectivity index (χ4v) is 4.01. The van der Waals surface area contributed by atoms with E-state index in [4.69, 9.17) is 4.42 Å². The van der Waals surface area contributed by atoms with E-state index in [0.29, 0.717) is 0 Å². The Morgan fingerprint density at radius 1 is 1.05 bits per heavy atom. The Hall–Kier alpha value is -2.32. The third kappa shape index (κ3) is 2.26. The van der Waals surface area contributed by atoms with Crippen molar-refractivity contribution in [2.75, 3.05) is 0 Å². The highest BCUT2D eigenvalue weighted by Crippen LogP contribution is 2.43. The first-order valence-electron chi connectivity index (χ1n) is 7.45. The molecule has 1 aromatic carbocycles. The van der Waals surface area contributed by atoms with Gasteiger partial charge in [0.25, 0.3) is 0 Å². The second-order valence-corrected chi connectivity index (χ2v) is 6.45. The van der Waals surface area contributed by atoms with Crippen LogP contribution in [0.5, 0.6) is 0 Å². The van der Waals surface area contributed by atoms with Crippen molar-refractivity contribution >= 4 is 27.0 Å². The van der Waals surface area contributed by atoms with E-state index in [2.05, 4.69) is 60.7 Å². The molecule has 0 saturated heterocycles. The Labute approximate surface area is 133 Å². The molecule has 0 fully saturated rings. The summed E-state index contributed by atoms with van der Waals surface area (Å²) in [5, 5.41) is 1.26. The van der Waals surface area contributed by atoms with Crippen LogP contribution in [0.25, 0.3) is 27.0 Å². The smallest absolute Gasteiger partial charge is 0.136 e. The lowest BCUT2D eigenvalue weighted by molar-refractivity contribution is 0.549. The molecule has 1 nitrogen and oxygen atoms in total. The van der Waals surface area contributed by atoms with Crippen molar-refractivity contribution in [2.24, 2.45) is 0 Å². The van der Waals surface area contributed by atoms with Crippen LogP contribution in [0.15, 0.2) is 71.2 Å². The molecular weight excluding hydrogens is 288 g/mol. The van der Waals surface area contributed by atoms with Gasteiger partial charge in [0, 0.05) is 20.5 Å². The van der Waals surface area contributed by atoms with Crippen LogP contribution in [0, 0.1) is 6.92 Å². The Morgan fingerprint density at radius 3 is 2.82 bits per heavy atom. The molecule has 0 saturated carbocycles. The first kappa shape index (κ1) is 13.4.